The average molecular weight is 389 g/mol. The molecule has 0 unspecified atom stereocenters. The van der Waals surface area contributed by atoms with E-state index in [9.17, 15) is 9.59 Å². The van der Waals surface area contributed by atoms with Gasteiger partial charge in [0, 0.05) is 18.9 Å². The standard InChI is InChI=1S/C23H23N3O3/c1-3-29-23(28)20-9-4-5-10-21(20)26-22(27)18-12-19(15-24-14-18)25-13-17-8-6-7-16(2)11-17/h4-12,14-15,25H,3,13H2,1-2H3,(H,26,27). The maximum atomic E-state index is 12.7. The summed E-state index contributed by atoms with van der Waals surface area (Å²) in [7, 11) is 0. The summed E-state index contributed by atoms with van der Waals surface area (Å²) < 4.78 is 5.04. The molecule has 0 bridgehead atoms. The number of pyridine rings is 1. The highest BCUT2D eigenvalue weighted by Crippen LogP contribution is 2.18. The van der Waals surface area contributed by atoms with Gasteiger partial charge in [-0.25, -0.2) is 4.79 Å². The molecule has 3 aromatic rings. The van der Waals surface area contributed by atoms with E-state index in [1.807, 2.05) is 25.1 Å². The second-order valence-corrected chi connectivity index (χ2v) is 6.53. The first-order valence-corrected chi connectivity index (χ1v) is 9.39. The Morgan fingerprint density at radius 3 is 2.66 bits per heavy atom. The van der Waals surface area contributed by atoms with Gasteiger partial charge in [0.05, 0.1) is 29.1 Å². The number of para-hydroxylation sites is 1. The highest BCUT2D eigenvalue weighted by molar-refractivity contribution is 6.08. The minimum atomic E-state index is -0.477. The van der Waals surface area contributed by atoms with Crippen LogP contribution in [0.5, 0.6) is 0 Å². The third-order valence-corrected chi connectivity index (χ3v) is 4.25. The zero-order chi connectivity index (χ0) is 20.6. The van der Waals surface area contributed by atoms with Crippen molar-refractivity contribution in [2.75, 3.05) is 17.2 Å². The predicted molar refractivity (Wildman–Crippen MR) is 113 cm³/mol. The minimum Gasteiger partial charge on any atom is -0.462 e. The van der Waals surface area contributed by atoms with E-state index in [1.165, 1.54) is 11.8 Å². The van der Waals surface area contributed by atoms with Crippen molar-refractivity contribution >= 4 is 23.3 Å². The third-order valence-electron chi connectivity index (χ3n) is 4.25. The summed E-state index contributed by atoms with van der Waals surface area (Å²) in [6.45, 7) is 4.67. The molecule has 3 rings (SSSR count). The number of aromatic nitrogens is 1. The molecule has 1 heterocycles. The molecular formula is C23H23N3O3. The summed E-state index contributed by atoms with van der Waals surface area (Å²) in [6, 6.07) is 16.7. The molecule has 0 aliphatic carbocycles. The summed E-state index contributed by atoms with van der Waals surface area (Å²) in [5.74, 6) is -0.830. The Morgan fingerprint density at radius 2 is 1.86 bits per heavy atom. The number of nitrogens with zero attached hydrogens (tertiary/aromatic N) is 1. The van der Waals surface area contributed by atoms with E-state index in [4.69, 9.17) is 4.74 Å². The number of carbonyl (C=O) groups excluding carboxylic acids is 2. The third kappa shape index (κ3) is 5.42. The summed E-state index contributed by atoms with van der Waals surface area (Å²) in [5, 5.41) is 6.04. The fourth-order valence-electron chi connectivity index (χ4n) is 2.86. The van der Waals surface area contributed by atoms with E-state index in [0.29, 0.717) is 23.4 Å². The van der Waals surface area contributed by atoms with Crippen LogP contribution in [0.1, 0.15) is 38.8 Å². The summed E-state index contributed by atoms with van der Waals surface area (Å²) in [5.41, 5.74) is 4.16. The van der Waals surface area contributed by atoms with E-state index in [1.54, 1.807) is 43.5 Å². The van der Waals surface area contributed by atoms with Crippen LogP contribution in [-0.2, 0) is 11.3 Å². The zero-order valence-electron chi connectivity index (χ0n) is 16.4. The van der Waals surface area contributed by atoms with Gasteiger partial charge >= 0.3 is 5.97 Å². The first-order chi connectivity index (χ1) is 14.1. The fraction of sp³-hybridized carbons (Fsp3) is 0.174. The Labute approximate surface area is 169 Å². The molecule has 0 atom stereocenters. The number of benzene rings is 2. The smallest absolute Gasteiger partial charge is 0.340 e. The lowest BCUT2D eigenvalue weighted by molar-refractivity contribution is 0.0527. The van der Waals surface area contributed by atoms with Crippen LogP contribution in [0.2, 0.25) is 0 Å². The molecule has 0 saturated heterocycles. The Morgan fingerprint density at radius 1 is 1.03 bits per heavy atom. The first-order valence-electron chi connectivity index (χ1n) is 9.39. The van der Waals surface area contributed by atoms with E-state index in [0.717, 1.165) is 11.3 Å². The fourth-order valence-corrected chi connectivity index (χ4v) is 2.86. The lowest BCUT2D eigenvalue weighted by Gasteiger charge is -2.11. The molecule has 148 valence electrons. The van der Waals surface area contributed by atoms with Crippen molar-refractivity contribution in [3.8, 4) is 0 Å². The summed E-state index contributed by atoms with van der Waals surface area (Å²) in [4.78, 5) is 28.9. The highest BCUT2D eigenvalue weighted by atomic mass is 16.5. The summed E-state index contributed by atoms with van der Waals surface area (Å²) in [6.07, 6.45) is 3.15. The van der Waals surface area contributed by atoms with Crippen molar-refractivity contribution < 1.29 is 14.3 Å². The molecular weight excluding hydrogens is 366 g/mol. The molecule has 1 aromatic heterocycles. The Hall–Kier alpha value is -3.67. The maximum absolute atomic E-state index is 12.7. The van der Waals surface area contributed by atoms with E-state index in [2.05, 4.69) is 21.7 Å². The number of rotatable bonds is 7. The van der Waals surface area contributed by atoms with Crippen LogP contribution in [0.15, 0.2) is 67.0 Å². The molecule has 29 heavy (non-hydrogen) atoms. The van der Waals surface area contributed by atoms with Gasteiger partial charge in [-0.2, -0.15) is 0 Å². The van der Waals surface area contributed by atoms with Crippen LogP contribution >= 0.6 is 0 Å². The first kappa shape index (κ1) is 20.1. The molecule has 0 radical (unpaired) electrons. The Bertz CT molecular complexity index is 1020. The topological polar surface area (TPSA) is 80.3 Å². The normalized spacial score (nSPS) is 10.3. The molecule has 0 fully saturated rings. The van der Waals surface area contributed by atoms with Crippen molar-refractivity contribution in [1.29, 1.82) is 0 Å². The van der Waals surface area contributed by atoms with Crippen molar-refractivity contribution in [3.63, 3.8) is 0 Å². The van der Waals surface area contributed by atoms with Gasteiger partial charge in [-0.15, -0.1) is 0 Å². The number of aryl methyl sites for hydroxylation is 1. The van der Waals surface area contributed by atoms with Gasteiger partial charge in [-0.3, -0.25) is 9.78 Å². The van der Waals surface area contributed by atoms with Crippen LogP contribution < -0.4 is 10.6 Å². The van der Waals surface area contributed by atoms with Gasteiger partial charge in [0.15, 0.2) is 0 Å². The largest absolute Gasteiger partial charge is 0.462 e. The molecule has 6 heteroatoms. The predicted octanol–water partition coefficient (Wildman–Crippen LogP) is 4.43. The zero-order valence-corrected chi connectivity index (χ0v) is 16.4. The van der Waals surface area contributed by atoms with Crippen LogP contribution in [0.3, 0.4) is 0 Å². The molecule has 2 aromatic carbocycles. The number of anilines is 2. The number of hydrogen-bond donors (Lipinski definition) is 2. The van der Waals surface area contributed by atoms with E-state index < -0.39 is 5.97 Å². The lowest BCUT2D eigenvalue weighted by Crippen LogP contribution is -2.16. The SMILES string of the molecule is CCOC(=O)c1ccccc1NC(=O)c1cncc(NCc2cccc(C)c2)c1. The van der Waals surface area contributed by atoms with Crippen LogP contribution in [0.4, 0.5) is 11.4 Å². The van der Waals surface area contributed by atoms with Gasteiger partial charge < -0.3 is 15.4 Å². The van der Waals surface area contributed by atoms with E-state index >= 15 is 0 Å². The Kier molecular flexibility index (Phi) is 6.58. The number of esters is 1. The molecule has 1 amide bonds. The van der Waals surface area contributed by atoms with Crippen LogP contribution in [-0.4, -0.2) is 23.5 Å². The van der Waals surface area contributed by atoms with Crippen LogP contribution in [0.25, 0.3) is 0 Å². The second kappa shape index (κ2) is 9.50. The van der Waals surface area contributed by atoms with Gasteiger partial charge in [-0.1, -0.05) is 42.0 Å². The molecule has 0 aliphatic heterocycles. The summed E-state index contributed by atoms with van der Waals surface area (Å²) >= 11 is 0. The molecule has 0 spiro atoms. The van der Waals surface area contributed by atoms with Crippen molar-refractivity contribution in [1.82, 2.24) is 4.98 Å². The maximum Gasteiger partial charge on any atom is 0.340 e. The van der Waals surface area contributed by atoms with Gasteiger partial charge in [0.1, 0.15) is 0 Å². The number of hydrogen-bond acceptors (Lipinski definition) is 5. The highest BCUT2D eigenvalue weighted by Gasteiger charge is 2.15. The molecule has 6 nitrogen and oxygen atoms in total. The quantitative estimate of drug-likeness (QED) is 0.584. The number of carbonyl (C=O) groups is 2. The second-order valence-electron chi connectivity index (χ2n) is 6.53. The van der Waals surface area contributed by atoms with Crippen LogP contribution in [0, 0.1) is 6.92 Å². The van der Waals surface area contributed by atoms with Crippen molar-refractivity contribution in [3.05, 3.63) is 89.2 Å². The van der Waals surface area contributed by atoms with Crippen molar-refractivity contribution in [2.24, 2.45) is 0 Å². The van der Waals surface area contributed by atoms with E-state index in [-0.39, 0.29) is 12.5 Å². The number of ether oxygens (including phenoxy) is 1. The number of nitrogens with one attached hydrogen (secondary N) is 2. The van der Waals surface area contributed by atoms with Gasteiger partial charge in [-0.05, 0) is 37.6 Å². The monoisotopic (exact) mass is 389 g/mol. The number of amides is 1. The molecule has 2 N–H and O–H groups in total. The molecule has 0 aliphatic rings. The van der Waals surface area contributed by atoms with Gasteiger partial charge in [0.25, 0.3) is 5.91 Å². The minimum absolute atomic E-state index is 0.264. The average Bonchev–Trinajstić information content (AvgIpc) is 2.73. The molecule has 0 saturated carbocycles. The Balaban J connectivity index is 1.71. The van der Waals surface area contributed by atoms with Gasteiger partial charge in [0.2, 0.25) is 0 Å². The van der Waals surface area contributed by atoms with Crippen molar-refractivity contribution in [2.45, 2.75) is 20.4 Å². The lowest BCUT2D eigenvalue weighted by atomic mass is 10.1.